The molecule has 1 unspecified atom stereocenters. The number of hydrogen-bond acceptors (Lipinski definition) is 2. The van der Waals surface area contributed by atoms with E-state index in [9.17, 15) is 0 Å². The molecule has 0 aromatic carbocycles. The van der Waals surface area contributed by atoms with Crippen molar-refractivity contribution in [2.75, 3.05) is 0 Å². The quantitative estimate of drug-likeness (QED) is 0.573. The number of hydrogen-bond donors (Lipinski definition) is 2. The zero-order chi connectivity index (χ0) is 13.7. The average molecular weight is 268 g/mol. The number of rotatable bonds is 6. The Balaban J connectivity index is 2.54. The van der Waals surface area contributed by atoms with Gasteiger partial charge >= 0.3 is 0 Å². The molecule has 1 aliphatic rings. The first kappa shape index (κ1) is 15.7. The molecule has 1 atom stereocenters. The molecule has 3 heteroatoms. The van der Waals surface area contributed by atoms with Crippen molar-refractivity contribution >= 4 is 8.80 Å². The summed E-state index contributed by atoms with van der Waals surface area (Å²) in [7, 11) is -0.759. The third-order valence-corrected chi connectivity index (χ3v) is 8.50. The van der Waals surface area contributed by atoms with Gasteiger partial charge in [0.15, 0.2) is 6.29 Å². The van der Waals surface area contributed by atoms with Crippen molar-refractivity contribution < 1.29 is 10.2 Å². The fourth-order valence-corrected chi connectivity index (χ4v) is 7.54. The molecule has 0 fully saturated rings. The van der Waals surface area contributed by atoms with Gasteiger partial charge in [0.05, 0.1) is 0 Å². The first-order chi connectivity index (χ1) is 8.41. The first-order valence-electron chi connectivity index (χ1n) is 7.15. The summed E-state index contributed by atoms with van der Waals surface area (Å²) in [6.45, 7) is 9.47. The summed E-state index contributed by atoms with van der Waals surface area (Å²) in [6, 6.07) is 0. The van der Waals surface area contributed by atoms with Gasteiger partial charge in [-0.3, -0.25) is 0 Å². The average Bonchev–Trinajstić information content (AvgIpc) is 2.27. The minimum absolute atomic E-state index is 0.441. The van der Waals surface area contributed by atoms with Crippen LogP contribution >= 0.6 is 0 Å². The zero-order valence-electron chi connectivity index (χ0n) is 12.1. The molecule has 2 nitrogen and oxygen atoms in total. The maximum Gasteiger partial charge on any atom is 0.151 e. The van der Waals surface area contributed by atoms with Crippen LogP contribution in [0.25, 0.3) is 0 Å². The monoisotopic (exact) mass is 268 g/mol. The lowest BCUT2D eigenvalue weighted by atomic mass is 10.0. The molecule has 0 aliphatic heterocycles. The van der Waals surface area contributed by atoms with Crippen molar-refractivity contribution in [2.24, 2.45) is 0 Å². The Kier molecular flexibility index (Phi) is 6.33. The molecule has 104 valence electrons. The third-order valence-electron chi connectivity index (χ3n) is 3.93. The van der Waals surface area contributed by atoms with Crippen molar-refractivity contribution in [1.29, 1.82) is 0 Å². The normalized spacial score (nSPS) is 20.3. The van der Waals surface area contributed by atoms with E-state index in [0.717, 1.165) is 29.5 Å². The van der Waals surface area contributed by atoms with Gasteiger partial charge in [0, 0.05) is 15.2 Å². The van der Waals surface area contributed by atoms with Crippen LogP contribution in [0.4, 0.5) is 0 Å². The molecule has 0 spiro atoms. The molecule has 2 N–H and O–H groups in total. The summed E-state index contributed by atoms with van der Waals surface area (Å²) >= 11 is 0. The van der Waals surface area contributed by atoms with Gasteiger partial charge in [0.25, 0.3) is 0 Å². The van der Waals surface area contributed by atoms with E-state index in [1.54, 1.807) is 0 Å². The van der Waals surface area contributed by atoms with Gasteiger partial charge in [-0.25, -0.2) is 0 Å². The van der Waals surface area contributed by atoms with E-state index in [1.165, 1.54) is 5.57 Å². The summed E-state index contributed by atoms with van der Waals surface area (Å²) in [6.07, 6.45) is 8.09. The second-order valence-corrected chi connectivity index (χ2v) is 10.8. The van der Waals surface area contributed by atoms with Crippen LogP contribution in [0, 0.1) is 0 Å². The second-order valence-electron chi connectivity index (χ2n) is 6.12. The smallest absolute Gasteiger partial charge is 0.151 e. The summed E-state index contributed by atoms with van der Waals surface area (Å²) in [5.41, 5.74) is 3.72. The highest BCUT2D eigenvalue weighted by atomic mass is 28.3. The Labute approximate surface area is 113 Å². The molecule has 0 saturated heterocycles. The van der Waals surface area contributed by atoms with Crippen LogP contribution in [0.15, 0.2) is 23.8 Å². The highest BCUT2D eigenvalue weighted by Crippen LogP contribution is 2.36. The predicted octanol–water partition coefficient (Wildman–Crippen LogP) is 3.38. The van der Waals surface area contributed by atoms with Crippen molar-refractivity contribution in [3.63, 3.8) is 0 Å². The van der Waals surface area contributed by atoms with E-state index in [1.807, 2.05) is 0 Å². The highest BCUT2D eigenvalue weighted by Gasteiger charge is 2.27. The lowest BCUT2D eigenvalue weighted by Crippen LogP contribution is -2.27. The maximum absolute atomic E-state index is 8.88. The van der Waals surface area contributed by atoms with E-state index < -0.39 is 15.1 Å². The Morgan fingerprint density at radius 3 is 2.22 bits per heavy atom. The third kappa shape index (κ3) is 4.71. The van der Waals surface area contributed by atoms with Crippen LogP contribution in [0.3, 0.4) is 0 Å². The Morgan fingerprint density at radius 1 is 1.22 bits per heavy atom. The van der Waals surface area contributed by atoms with E-state index in [2.05, 4.69) is 45.9 Å². The van der Waals surface area contributed by atoms with E-state index in [4.69, 9.17) is 10.2 Å². The zero-order valence-corrected chi connectivity index (χ0v) is 13.3. The SMILES string of the molecule is CC(C)[SiH](C(C)C)C1C=CC(CCC(O)O)=CC1. The molecule has 0 aromatic heterocycles. The van der Waals surface area contributed by atoms with E-state index in [0.29, 0.717) is 6.42 Å². The van der Waals surface area contributed by atoms with Crippen molar-refractivity contribution in [3.8, 4) is 0 Å². The minimum atomic E-state index is -1.18. The van der Waals surface area contributed by atoms with Gasteiger partial charge in [-0.2, -0.15) is 0 Å². The van der Waals surface area contributed by atoms with Crippen LogP contribution in [-0.4, -0.2) is 25.3 Å². The van der Waals surface area contributed by atoms with Crippen molar-refractivity contribution in [3.05, 3.63) is 23.8 Å². The van der Waals surface area contributed by atoms with Crippen LogP contribution < -0.4 is 0 Å². The van der Waals surface area contributed by atoms with Gasteiger partial charge in [-0.15, -0.1) is 0 Å². The lowest BCUT2D eigenvalue weighted by Gasteiger charge is -2.31. The fourth-order valence-electron chi connectivity index (χ4n) is 3.21. The van der Waals surface area contributed by atoms with Gasteiger partial charge in [-0.1, -0.05) is 62.6 Å². The Morgan fingerprint density at radius 2 is 1.83 bits per heavy atom. The van der Waals surface area contributed by atoms with Gasteiger partial charge in [0.1, 0.15) is 0 Å². The van der Waals surface area contributed by atoms with Gasteiger partial charge in [0.2, 0.25) is 0 Å². The van der Waals surface area contributed by atoms with E-state index >= 15 is 0 Å². The van der Waals surface area contributed by atoms with Crippen molar-refractivity contribution in [2.45, 2.75) is 69.9 Å². The molecule has 0 amide bonds. The molecule has 1 aliphatic carbocycles. The molecular weight excluding hydrogens is 240 g/mol. The molecule has 1 rings (SSSR count). The number of allylic oxidation sites excluding steroid dienone is 4. The van der Waals surface area contributed by atoms with Crippen LogP contribution in [0.5, 0.6) is 0 Å². The van der Waals surface area contributed by atoms with Crippen molar-refractivity contribution in [1.82, 2.24) is 0 Å². The molecule has 0 bridgehead atoms. The number of aliphatic hydroxyl groups excluding tert-OH is 1. The molecular formula is C15H28O2Si. The Bertz CT molecular complexity index is 298. The number of aliphatic hydroxyl groups is 2. The largest absolute Gasteiger partial charge is 0.368 e. The highest BCUT2D eigenvalue weighted by molar-refractivity contribution is 6.63. The van der Waals surface area contributed by atoms with Crippen LogP contribution in [0.1, 0.15) is 47.0 Å². The maximum atomic E-state index is 8.88. The fraction of sp³-hybridized carbons (Fsp3) is 0.733. The van der Waals surface area contributed by atoms with Gasteiger partial charge < -0.3 is 10.2 Å². The second kappa shape index (κ2) is 7.27. The summed E-state index contributed by atoms with van der Waals surface area (Å²) in [5.74, 6) is 0. The standard InChI is InChI=1S/C15H28O2Si/c1-11(2)18(12(3)4)14-8-5-13(6-9-14)7-10-15(16)17/h5-6,8,11-12,14-18H,7,9-10H2,1-4H3. The molecule has 0 radical (unpaired) electrons. The van der Waals surface area contributed by atoms with Crippen LogP contribution in [-0.2, 0) is 0 Å². The summed E-state index contributed by atoms with van der Waals surface area (Å²) in [5, 5.41) is 17.8. The topological polar surface area (TPSA) is 40.5 Å². The van der Waals surface area contributed by atoms with Crippen LogP contribution in [0.2, 0.25) is 16.6 Å². The Hall–Kier alpha value is -0.383. The minimum Gasteiger partial charge on any atom is -0.368 e. The first-order valence-corrected chi connectivity index (χ1v) is 9.15. The molecule has 18 heavy (non-hydrogen) atoms. The van der Waals surface area contributed by atoms with E-state index in [-0.39, 0.29) is 0 Å². The van der Waals surface area contributed by atoms with Gasteiger partial charge in [-0.05, 0) is 18.4 Å². The summed E-state index contributed by atoms with van der Waals surface area (Å²) in [4.78, 5) is 0. The predicted molar refractivity (Wildman–Crippen MR) is 80.4 cm³/mol. The molecule has 0 saturated carbocycles. The molecule has 0 heterocycles. The summed E-state index contributed by atoms with van der Waals surface area (Å²) < 4.78 is 0. The lowest BCUT2D eigenvalue weighted by molar-refractivity contribution is -0.0445. The molecule has 0 aromatic rings.